The van der Waals surface area contributed by atoms with Crippen LogP contribution in [0.25, 0.3) is 22.2 Å². The van der Waals surface area contributed by atoms with Crippen molar-refractivity contribution in [1.82, 2.24) is 20.3 Å². The Kier molecular flexibility index (Phi) is 4.72. The van der Waals surface area contributed by atoms with Crippen molar-refractivity contribution in [1.29, 1.82) is 0 Å². The van der Waals surface area contributed by atoms with Crippen LogP contribution in [0.1, 0.15) is 61.2 Å². The summed E-state index contributed by atoms with van der Waals surface area (Å²) in [6, 6.07) is 4.12. The van der Waals surface area contributed by atoms with Gasteiger partial charge in [-0.05, 0) is 63.4 Å². The minimum absolute atomic E-state index is 0.145. The van der Waals surface area contributed by atoms with Gasteiger partial charge in [0.2, 0.25) is 0 Å². The summed E-state index contributed by atoms with van der Waals surface area (Å²) in [6.45, 7) is 10.1. The molecule has 0 atom stereocenters. The van der Waals surface area contributed by atoms with E-state index in [1.54, 1.807) is 0 Å². The van der Waals surface area contributed by atoms with Crippen molar-refractivity contribution in [2.24, 2.45) is 0 Å². The van der Waals surface area contributed by atoms with Crippen LogP contribution in [0.3, 0.4) is 0 Å². The fourth-order valence-corrected chi connectivity index (χ4v) is 4.35. The number of aryl methyl sites for hydroxylation is 2. The lowest BCUT2D eigenvalue weighted by Crippen LogP contribution is -2.27. The molecule has 5 heteroatoms. The van der Waals surface area contributed by atoms with Crippen LogP contribution >= 0.6 is 0 Å². The average Bonchev–Trinajstić information content (AvgIpc) is 3.03. The van der Waals surface area contributed by atoms with Crippen LogP contribution in [-0.2, 0) is 0 Å². The van der Waals surface area contributed by atoms with Gasteiger partial charge in [-0.15, -0.1) is 0 Å². The van der Waals surface area contributed by atoms with E-state index < -0.39 is 0 Å². The number of pyridine rings is 2. The predicted octanol–water partition coefficient (Wildman–Crippen LogP) is 4.97. The molecule has 1 fully saturated rings. The lowest BCUT2D eigenvalue weighted by molar-refractivity contribution is 0.437. The number of piperidine rings is 1. The number of hydrogen-bond donors (Lipinski definition) is 2. The number of rotatable bonds is 3. The van der Waals surface area contributed by atoms with Crippen molar-refractivity contribution in [3.63, 3.8) is 0 Å². The number of aromatic amines is 1. The van der Waals surface area contributed by atoms with E-state index in [2.05, 4.69) is 46.2 Å². The molecule has 0 aromatic carbocycles. The molecule has 142 valence electrons. The van der Waals surface area contributed by atoms with Crippen molar-refractivity contribution in [2.75, 3.05) is 13.1 Å². The van der Waals surface area contributed by atoms with Gasteiger partial charge in [0.25, 0.3) is 0 Å². The van der Waals surface area contributed by atoms with Gasteiger partial charge in [-0.25, -0.2) is 4.39 Å². The molecule has 4 rings (SSSR count). The molecule has 0 saturated carbocycles. The highest BCUT2D eigenvalue weighted by Gasteiger charge is 2.26. The zero-order valence-corrected chi connectivity index (χ0v) is 16.5. The largest absolute Gasteiger partial charge is 0.353 e. The first-order valence-electron chi connectivity index (χ1n) is 9.82. The van der Waals surface area contributed by atoms with Crippen LogP contribution in [0.15, 0.2) is 18.3 Å². The molecule has 1 aliphatic heterocycles. The molecule has 0 bridgehead atoms. The summed E-state index contributed by atoms with van der Waals surface area (Å²) in [4.78, 5) is 12.4. The van der Waals surface area contributed by atoms with Crippen molar-refractivity contribution in [3.05, 3.63) is 46.8 Å². The summed E-state index contributed by atoms with van der Waals surface area (Å²) in [5.41, 5.74) is 6.40. The van der Waals surface area contributed by atoms with Gasteiger partial charge in [0.1, 0.15) is 0 Å². The Balaban J connectivity index is 1.93. The van der Waals surface area contributed by atoms with Gasteiger partial charge in [0.15, 0.2) is 5.82 Å². The average molecular weight is 366 g/mol. The second-order valence-corrected chi connectivity index (χ2v) is 7.98. The van der Waals surface area contributed by atoms with Crippen LogP contribution < -0.4 is 5.32 Å². The molecule has 0 radical (unpaired) electrons. The summed E-state index contributed by atoms with van der Waals surface area (Å²) < 4.78 is 15.6. The van der Waals surface area contributed by atoms with Crippen LogP contribution in [-0.4, -0.2) is 28.0 Å². The zero-order valence-electron chi connectivity index (χ0n) is 16.5. The normalized spacial score (nSPS) is 15.8. The standard InChI is InChI=1S/C22H27FN4/c1-12(2)18-19-17(27-21(18)16-9-13(3)26-14(4)10-16)11-25-22(20(19)23)15-5-7-24-8-6-15/h9-12,15,24,27H,5-8H2,1-4H3. The third-order valence-corrected chi connectivity index (χ3v) is 5.52. The molecule has 4 heterocycles. The monoisotopic (exact) mass is 366 g/mol. The van der Waals surface area contributed by atoms with E-state index in [1.165, 1.54) is 0 Å². The summed E-state index contributed by atoms with van der Waals surface area (Å²) in [6.07, 6.45) is 3.69. The Bertz CT molecular complexity index is 963. The second-order valence-electron chi connectivity index (χ2n) is 7.98. The van der Waals surface area contributed by atoms with E-state index in [-0.39, 0.29) is 17.7 Å². The number of hydrogen-bond acceptors (Lipinski definition) is 3. The molecule has 3 aromatic rings. The predicted molar refractivity (Wildman–Crippen MR) is 108 cm³/mol. The third-order valence-electron chi connectivity index (χ3n) is 5.52. The van der Waals surface area contributed by atoms with Gasteiger partial charge in [-0.2, -0.15) is 0 Å². The first-order valence-corrected chi connectivity index (χ1v) is 9.82. The Morgan fingerprint density at radius 3 is 2.41 bits per heavy atom. The fraction of sp³-hybridized carbons (Fsp3) is 0.455. The van der Waals surface area contributed by atoms with Crippen LogP contribution in [0.5, 0.6) is 0 Å². The first-order chi connectivity index (χ1) is 13.0. The number of nitrogens with one attached hydrogen (secondary N) is 2. The number of nitrogens with zero attached hydrogens (tertiary/aromatic N) is 2. The summed E-state index contributed by atoms with van der Waals surface area (Å²) >= 11 is 0. The molecule has 2 N–H and O–H groups in total. The molecule has 1 aliphatic rings. The number of fused-ring (bicyclic) bond motifs is 1. The quantitative estimate of drug-likeness (QED) is 0.688. The summed E-state index contributed by atoms with van der Waals surface area (Å²) in [7, 11) is 0. The highest BCUT2D eigenvalue weighted by Crippen LogP contribution is 2.39. The molecule has 0 spiro atoms. The van der Waals surface area contributed by atoms with Crippen molar-refractivity contribution < 1.29 is 4.39 Å². The Morgan fingerprint density at radius 1 is 1.11 bits per heavy atom. The molecule has 0 amide bonds. The van der Waals surface area contributed by atoms with E-state index in [0.29, 0.717) is 11.1 Å². The Morgan fingerprint density at radius 2 is 1.78 bits per heavy atom. The number of aromatic nitrogens is 3. The van der Waals surface area contributed by atoms with Gasteiger partial charge in [-0.3, -0.25) is 9.97 Å². The molecule has 1 saturated heterocycles. The number of halogens is 1. The molecule has 0 unspecified atom stereocenters. The van der Waals surface area contributed by atoms with E-state index in [0.717, 1.165) is 59.7 Å². The smallest absolute Gasteiger partial charge is 0.154 e. The van der Waals surface area contributed by atoms with Gasteiger partial charge in [-0.1, -0.05) is 13.8 Å². The van der Waals surface area contributed by atoms with E-state index in [9.17, 15) is 0 Å². The van der Waals surface area contributed by atoms with Crippen molar-refractivity contribution in [3.8, 4) is 11.3 Å². The minimum Gasteiger partial charge on any atom is -0.353 e. The summed E-state index contributed by atoms with van der Waals surface area (Å²) in [5.74, 6) is 0.243. The topological polar surface area (TPSA) is 53.6 Å². The van der Waals surface area contributed by atoms with E-state index >= 15 is 4.39 Å². The lowest BCUT2D eigenvalue weighted by Gasteiger charge is -2.22. The molecule has 27 heavy (non-hydrogen) atoms. The zero-order chi connectivity index (χ0) is 19.1. The van der Waals surface area contributed by atoms with Gasteiger partial charge < -0.3 is 10.3 Å². The SMILES string of the molecule is Cc1cc(-c2[nH]c3cnc(C4CCNCC4)c(F)c3c2C(C)C)cc(C)n1. The second kappa shape index (κ2) is 7.04. The van der Waals surface area contributed by atoms with Gasteiger partial charge >= 0.3 is 0 Å². The maximum absolute atomic E-state index is 15.6. The van der Waals surface area contributed by atoms with Crippen LogP contribution in [0.2, 0.25) is 0 Å². The summed E-state index contributed by atoms with van der Waals surface area (Å²) in [5, 5.41) is 4.05. The maximum atomic E-state index is 15.6. The lowest BCUT2D eigenvalue weighted by atomic mass is 9.91. The molecule has 0 aliphatic carbocycles. The highest BCUT2D eigenvalue weighted by molar-refractivity contribution is 5.91. The van der Waals surface area contributed by atoms with Crippen molar-refractivity contribution >= 4 is 10.9 Å². The molecular formula is C22H27FN4. The first kappa shape index (κ1) is 18.1. The molecular weight excluding hydrogens is 339 g/mol. The Hall–Kier alpha value is -2.27. The van der Waals surface area contributed by atoms with E-state index in [1.807, 2.05) is 20.0 Å². The number of H-pyrrole nitrogens is 1. The molecule has 4 nitrogen and oxygen atoms in total. The maximum Gasteiger partial charge on any atom is 0.154 e. The Labute approximate surface area is 159 Å². The molecule has 3 aromatic heterocycles. The van der Waals surface area contributed by atoms with Crippen molar-refractivity contribution in [2.45, 2.75) is 52.4 Å². The third kappa shape index (κ3) is 3.25. The fourth-order valence-electron chi connectivity index (χ4n) is 4.35. The van der Waals surface area contributed by atoms with Crippen LogP contribution in [0, 0.1) is 19.7 Å². The van der Waals surface area contributed by atoms with Gasteiger partial charge in [0, 0.05) is 28.3 Å². The van der Waals surface area contributed by atoms with Crippen LogP contribution in [0.4, 0.5) is 4.39 Å². The highest BCUT2D eigenvalue weighted by atomic mass is 19.1. The van der Waals surface area contributed by atoms with Gasteiger partial charge in [0.05, 0.1) is 23.1 Å². The van der Waals surface area contributed by atoms with E-state index in [4.69, 9.17) is 0 Å². The minimum atomic E-state index is -0.145.